The molecule has 6 nitrogen and oxygen atoms in total. The Morgan fingerprint density at radius 2 is 0.650 bits per heavy atom. The smallest absolute Gasteiger partial charge is 0.373 e. The van der Waals surface area contributed by atoms with Crippen molar-refractivity contribution >= 4 is 245 Å². The zero-order valence-electron chi connectivity index (χ0n) is 45.0. The Labute approximate surface area is 585 Å². The second-order valence-electron chi connectivity index (χ2n) is 19.5. The second kappa shape index (κ2) is 35.9. The Balaban J connectivity index is 0.000000351. The molecule has 80 heavy (non-hydrogen) atoms. The molecule has 0 unspecified atom stereocenters. The Hall–Kier alpha value is -0.563. The molecule has 0 saturated carbocycles. The molecular weight excluding hydrogens is 1720 g/mol. The second-order valence-corrected chi connectivity index (χ2v) is 46.0. The van der Waals surface area contributed by atoms with Gasteiger partial charge in [-0.05, 0) is 150 Å². The number of anilines is 1. The van der Waals surface area contributed by atoms with Crippen LogP contribution in [-0.2, 0) is 13.1 Å². The summed E-state index contributed by atoms with van der Waals surface area (Å²) in [5, 5.41) is 20.9. The Morgan fingerprint density at radius 1 is 0.438 bits per heavy atom. The van der Waals surface area contributed by atoms with Crippen molar-refractivity contribution in [1.82, 2.24) is 0 Å². The quantitative estimate of drug-likeness (QED) is 0.0374. The SMILES string of the molecule is C[Si](C)(c1ccccc1)c1cc(Br)c(C(=O)O)c(Br)c1.C[Si](C)(c1ccccc1)c1cc(Br)c(Cl)c(Br)c1.C[Si](C)(c1ccccc1)c1cc(Br)c(N)c(Br)c1.C[Si](C)(c1ccccc1)c1cc(Br)cc(Br)c1.[Cl][Cu][Cl].[N-]=[N+]=[N-].[Na+]. The zero-order valence-corrected chi connectivity index (χ0v) is 66.9. The van der Waals surface area contributed by atoms with E-state index in [0.29, 0.717) is 8.95 Å². The molecule has 0 saturated heterocycles. The molecule has 8 aromatic rings. The van der Waals surface area contributed by atoms with E-state index in [1.54, 1.807) is 0 Å². The van der Waals surface area contributed by atoms with Crippen LogP contribution in [0.4, 0.5) is 5.69 Å². The van der Waals surface area contributed by atoms with Gasteiger partial charge in [0.15, 0.2) is 0 Å². The van der Waals surface area contributed by atoms with Gasteiger partial charge in [-0.2, -0.15) is 0 Å². The molecule has 0 heterocycles. The summed E-state index contributed by atoms with van der Waals surface area (Å²) in [6.07, 6.45) is 0. The molecule has 0 radical (unpaired) electrons. The van der Waals surface area contributed by atoms with Crippen molar-refractivity contribution in [2.24, 2.45) is 0 Å². The number of aromatic carboxylic acids is 1. The van der Waals surface area contributed by atoms with Crippen molar-refractivity contribution < 1.29 is 52.6 Å². The van der Waals surface area contributed by atoms with Crippen molar-refractivity contribution in [2.45, 2.75) is 52.4 Å². The van der Waals surface area contributed by atoms with Crippen LogP contribution >= 0.6 is 159 Å². The van der Waals surface area contributed by atoms with E-state index in [2.05, 4.69) is 346 Å². The van der Waals surface area contributed by atoms with E-state index in [4.69, 9.17) is 28.4 Å². The fourth-order valence-electron chi connectivity index (χ4n) is 8.00. The average molecular weight is 1770 g/mol. The largest absolute Gasteiger partial charge is 1.00 e. The predicted octanol–water partition coefficient (Wildman–Crippen LogP) is 15.3. The van der Waals surface area contributed by atoms with E-state index in [0.717, 1.165) is 50.7 Å². The normalized spacial score (nSPS) is 10.9. The van der Waals surface area contributed by atoms with Gasteiger partial charge in [-0.25, -0.2) is 4.79 Å². The number of carboxylic acid groups (broad SMARTS) is 1. The third kappa shape index (κ3) is 22.0. The fraction of sp³-hybridized carbons (Fsp3) is 0.140. The number of hydrogen-bond donors (Lipinski definition) is 2. The first-order valence-corrected chi connectivity index (χ1v) is 44.9. The minimum atomic E-state index is -1.83. The maximum atomic E-state index is 11.2. The van der Waals surface area contributed by atoms with Gasteiger partial charge in [0.05, 0.1) is 16.3 Å². The summed E-state index contributed by atoms with van der Waals surface area (Å²) < 4.78 is 7.33. The minimum absolute atomic E-state index is 0. The number of halogens is 11. The van der Waals surface area contributed by atoms with E-state index < -0.39 is 38.3 Å². The van der Waals surface area contributed by atoms with Gasteiger partial charge >= 0.3 is 68.9 Å². The summed E-state index contributed by atoms with van der Waals surface area (Å²) in [6.45, 7) is 18.7. The topological polar surface area (TPSA) is 122 Å². The van der Waals surface area contributed by atoms with Crippen LogP contribution < -0.4 is 76.8 Å². The van der Waals surface area contributed by atoms with Gasteiger partial charge in [0, 0.05) is 35.8 Å². The van der Waals surface area contributed by atoms with Gasteiger partial charge in [-0.1, -0.05) is 259 Å². The Kier molecular flexibility index (Phi) is 33.9. The summed E-state index contributed by atoms with van der Waals surface area (Å²) >= 11 is 34.9. The van der Waals surface area contributed by atoms with Crippen molar-refractivity contribution in [1.29, 1.82) is 0 Å². The predicted molar refractivity (Wildman–Crippen MR) is 378 cm³/mol. The van der Waals surface area contributed by atoms with E-state index in [1.807, 2.05) is 30.3 Å². The molecule has 0 spiro atoms. The van der Waals surface area contributed by atoms with Crippen LogP contribution in [0.3, 0.4) is 0 Å². The Morgan fingerprint density at radius 3 is 0.887 bits per heavy atom. The number of nitrogens with zero attached hydrogens (tertiary/aromatic N) is 3. The first-order chi connectivity index (χ1) is 37.0. The molecule has 0 fully saturated rings. The van der Waals surface area contributed by atoms with Crippen LogP contribution in [0.1, 0.15) is 10.4 Å². The van der Waals surface area contributed by atoms with E-state index in [9.17, 15) is 9.90 Å². The van der Waals surface area contributed by atoms with Crippen LogP contribution in [0.15, 0.2) is 212 Å². The molecule has 0 aliphatic rings. The van der Waals surface area contributed by atoms with Crippen LogP contribution in [-0.4, -0.2) is 43.4 Å². The molecule has 0 aliphatic carbocycles. The standard InChI is InChI=1S/C15H14Br2O2Si.C14H13Br2ClSi.C14H15Br2NSi.C14H14Br2Si.2ClH.Cu.N3.Na/c1-20(2,10-6-4-3-5-7-10)11-8-12(16)14(15(18)19)13(17)9-11;2*1-18(2,10-6-4-3-5-7-10)11-8-12(15)14(17)13(16)9-11;1-17(2,13-6-4-3-5-7-13)14-9-11(15)8-12(16)10-14;;;;1-3-2;/h3-9H,1-2H3,(H,18,19);3-9H,1-2H3;3-9H,17H2,1-2H3;3-10H,1-2H3;2*1H;;;/q;;;;;;+2;-1;+1/p-2. The van der Waals surface area contributed by atoms with Crippen molar-refractivity contribution in [3.8, 4) is 0 Å². The Bertz CT molecular complexity index is 3130. The molecule has 0 bridgehead atoms. The molecule has 23 heteroatoms. The molecule has 3 N–H and O–H groups in total. The number of nitrogens with two attached hydrogens (primary N) is 1. The zero-order chi connectivity index (χ0) is 59.5. The van der Waals surface area contributed by atoms with Crippen LogP contribution in [0.2, 0.25) is 57.4 Å². The molecule has 0 aromatic heterocycles. The summed E-state index contributed by atoms with van der Waals surface area (Å²) in [6, 6.07) is 61.6. The molecule has 8 rings (SSSR count). The average Bonchev–Trinajstić information content (AvgIpc) is 3.40. The molecule has 0 amide bonds. The maximum absolute atomic E-state index is 11.2. The van der Waals surface area contributed by atoms with Gasteiger partial charge in [0.2, 0.25) is 0 Å². The van der Waals surface area contributed by atoms with E-state index >= 15 is 0 Å². The number of carbonyl (C=O) groups is 1. The first kappa shape index (κ1) is 75.5. The third-order valence-electron chi connectivity index (χ3n) is 13.1. The number of carboxylic acids is 1. The summed E-state index contributed by atoms with van der Waals surface area (Å²) in [4.78, 5) is 12.7. The molecule has 8 aromatic carbocycles. The summed E-state index contributed by atoms with van der Waals surface area (Å²) in [5.74, 6) is -0.936. The number of benzene rings is 8. The van der Waals surface area contributed by atoms with Crippen LogP contribution in [0.5, 0.6) is 0 Å². The maximum Gasteiger partial charge on any atom is 1.00 e. The fourth-order valence-corrected chi connectivity index (χ4v) is 24.5. The number of nitrogen functional groups attached to an aromatic ring is 1. The molecule has 421 valence electrons. The van der Waals surface area contributed by atoms with Crippen molar-refractivity contribution in [3.63, 3.8) is 0 Å². The van der Waals surface area contributed by atoms with Crippen molar-refractivity contribution in [2.75, 3.05) is 5.73 Å². The van der Waals surface area contributed by atoms with Gasteiger partial charge < -0.3 is 21.9 Å². The molecule has 0 aliphatic heterocycles. The minimum Gasteiger partial charge on any atom is -0.373 e. The van der Waals surface area contributed by atoms with Crippen LogP contribution in [0, 0.1) is 0 Å². The van der Waals surface area contributed by atoms with E-state index in [1.165, 1.54) is 46.4 Å². The first-order valence-electron chi connectivity index (χ1n) is 23.6. The molecular formula is C57H56Br8Cl3CuN4NaO2Si4. The monoisotopic (exact) mass is 1760 g/mol. The van der Waals surface area contributed by atoms with Gasteiger partial charge in [-0.3, -0.25) is 4.91 Å². The van der Waals surface area contributed by atoms with Crippen molar-refractivity contribution in [3.05, 3.63) is 238 Å². The van der Waals surface area contributed by atoms with Gasteiger partial charge in [0.25, 0.3) is 0 Å². The summed E-state index contributed by atoms with van der Waals surface area (Å²) in [7, 11) is 2.62. The number of rotatable bonds is 9. The van der Waals surface area contributed by atoms with Gasteiger partial charge in [0.1, 0.15) is 32.3 Å². The third-order valence-corrected chi connectivity index (χ3v) is 32.7. The summed E-state index contributed by atoms with van der Waals surface area (Å²) in [5.41, 5.74) is 20.5. The van der Waals surface area contributed by atoms with Gasteiger partial charge in [-0.15, -0.1) is 0 Å². The molecule has 0 atom stereocenters. The van der Waals surface area contributed by atoms with E-state index in [-0.39, 0.29) is 35.1 Å². The van der Waals surface area contributed by atoms with Crippen LogP contribution in [0.25, 0.3) is 16.0 Å². The number of hydrogen-bond acceptors (Lipinski definition) is 2.